The minimum Gasteiger partial charge on any atom is -0.299 e. The molecule has 0 aliphatic carbocycles. The van der Waals surface area contributed by atoms with Crippen LogP contribution in [0.1, 0.15) is 90.7 Å². The summed E-state index contributed by atoms with van der Waals surface area (Å²) in [6.45, 7) is 21.1. The minimum atomic E-state index is 0.0265. The van der Waals surface area contributed by atoms with Crippen LogP contribution in [0.15, 0.2) is 48.4 Å². The summed E-state index contributed by atoms with van der Waals surface area (Å²) in [4.78, 5) is 13.9. The summed E-state index contributed by atoms with van der Waals surface area (Å²) in [7, 11) is 0. The fraction of sp³-hybridized carbons (Fsp3) is 0.593. The van der Waals surface area contributed by atoms with E-state index in [0.29, 0.717) is 18.1 Å². The SMILES string of the molecule is C=CC(=C)SC(C)C(C)C(=O)CCC(c1ccc(CC)cc1)C(C)(C)CCCC. The number of aryl methyl sites for hydroxylation is 1. The summed E-state index contributed by atoms with van der Waals surface area (Å²) in [5.41, 5.74) is 2.94. The van der Waals surface area contributed by atoms with E-state index in [4.69, 9.17) is 0 Å². The molecule has 0 saturated heterocycles. The second kappa shape index (κ2) is 12.4. The first-order valence-electron chi connectivity index (χ1n) is 11.3. The lowest BCUT2D eigenvalue weighted by atomic mass is 9.69. The van der Waals surface area contributed by atoms with Crippen LogP contribution < -0.4 is 0 Å². The third-order valence-electron chi connectivity index (χ3n) is 6.36. The molecule has 0 aliphatic heterocycles. The van der Waals surface area contributed by atoms with Crippen molar-refractivity contribution in [2.24, 2.45) is 11.3 Å². The van der Waals surface area contributed by atoms with Crippen LogP contribution in [-0.4, -0.2) is 11.0 Å². The van der Waals surface area contributed by atoms with Gasteiger partial charge >= 0.3 is 0 Å². The van der Waals surface area contributed by atoms with E-state index in [2.05, 4.69) is 79.0 Å². The van der Waals surface area contributed by atoms with Crippen molar-refractivity contribution in [1.29, 1.82) is 0 Å². The number of allylic oxidation sites excluding steroid dienone is 1. The van der Waals surface area contributed by atoms with Gasteiger partial charge < -0.3 is 0 Å². The third-order valence-corrected chi connectivity index (χ3v) is 7.61. The highest BCUT2D eigenvalue weighted by Gasteiger charge is 2.31. The van der Waals surface area contributed by atoms with Gasteiger partial charge in [0.2, 0.25) is 0 Å². The summed E-state index contributed by atoms with van der Waals surface area (Å²) in [5, 5.41) is 0.225. The number of Topliss-reactive ketones (excluding diaryl/α,β-unsaturated/α-hetero) is 1. The average molecular weight is 415 g/mol. The van der Waals surface area contributed by atoms with Gasteiger partial charge in [-0.3, -0.25) is 4.79 Å². The highest BCUT2D eigenvalue weighted by molar-refractivity contribution is 8.03. The van der Waals surface area contributed by atoms with Crippen molar-refractivity contribution in [3.8, 4) is 0 Å². The highest BCUT2D eigenvalue weighted by Crippen LogP contribution is 2.43. The number of rotatable bonds is 14. The molecule has 3 atom stereocenters. The standard InChI is InChI=1S/C27H42OS/c1-9-12-19-27(7,8)25(24-15-13-23(11-3)14-16-24)17-18-26(28)21(5)22(6)29-20(4)10-2/h10,13-16,21-22,25H,2,4,9,11-12,17-19H2,1,3,5-8H3. The van der Waals surface area contributed by atoms with E-state index in [1.54, 1.807) is 17.8 Å². The molecule has 0 bridgehead atoms. The van der Waals surface area contributed by atoms with E-state index >= 15 is 0 Å². The highest BCUT2D eigenvalue weighted by atomic mass is 32.2. The monoisotopic (exact) mass is 414 g/mol. The molecule has 1 nitrogen and oxygen atoms in total. The quantitative estimate of drug-likeness (QED) is 0.284. The van der Waals surface area contributed by atoms with E-state index in [0.717, 1.165) is 17.7 Å². The number of carbonyl (C=O) groups is 1. The van der Waals surface area contributed by atoms with Crippen LogP contribution in [0.3, 0.4) is 0 Å². The number of carbonyl (C=O) groups excluding carboxylic acids is 1. The molecule has 29 heavy (non-hydrogen) atoms. The lowest BCUT2D eigenvalue weighted by Gasteiger charge is -2.35. The van der Waals surface area contributed by atoms with Crippen molar-refractivity contribution in [3.63, 3.8) is 0 Å². The Morgan fingerprint density at radius 1 is 1.17 bits per heavy atom. The molecule has 1 rings (SSSR count). The molecule has 3 unspecified atom stereocenters. The van der Waals surface area contributed by atoms with Gasteiger partial charge in [0, 0.05) is 17.6 Å². The summed E-state index contributed by atoms with van der Waals surface area (Å²) >= 11 is 1.65. The Kier molecular flexibility index (Phi) is 11.0. The predicted molar refractivity (Wildman–Crippen MR) is 132 cm³/mol. The molecule has 0 heterocycles. The van der Waals surface area contributed by atoms with E-state index in [1.807, 2.05) is 0 Å². The molecule has 0 amide bonds. The number of benzene rings is 1. The van der Waals surface area contributed by atoms with E-state index in [-0.39, 0.29) is 16.6 Å². The Bertz CT molecular complexity index is 656. The number of ketones is 1. The van der Waals surface area contributed by atoms with Gasteiger partial charge in [0.25, 0.3) is 0 Å². The second-order valence-electron chi connectivity index (χ2n) is 9.03. The van der Waals surface area contributed by atoms with Crippen LogP contribution >= 0.6 is 11.8 Å². The number of unbranched alkanes of at least 4 members (excludes halogenated alkanes) is 1. The molecule has 0 aromatic heterocycles. The van der Waals surface area contributed by atoms with E-state index in [9.17, 15) is 4.79 Å². The maximum Gasteiger partial charge on any atom is 0.136 e. The van der Waals surface area contributed by atoms with Gasteiger partial charge in [-0.1, -0.05) is 97.9 Å². The fourth-order valence-corrected chi connectivity index (χ4v) is 4.90. The Hall–Kier alpha value is -1.28. The summed E-state index contributed by atoms with van der Waals surface area (Å²) in [6, 6.07) is 9.08. The van der Waals surface area contributed by atoms with Crippen LogP contribution in [0.4, 0.5) is 0 Å². The van der Waals surface area contributed by atoms with Gasteiger partial charge in [0.1, 0.15) is 5.78 Å². The van der Waals surface area contributed by atoms with Crippen molar-refractivity contribution in [2.45, 2.75) is 91.2 Å². The lowest BCUT2D eigenvalue weighted by molar-refractivity contribution is -0.122. The number of thioether (sulfide) groups is 1. The molecule has 0 fully saturated rings. The molecule has 2 heteroatoms. The topological polar surface area (TPSA) is 17.1 Å². The smallest absolute Gasteiger partial charge is 0.136 e. The largest absolute Gasteiger partial charge is 0.299 e. The molecule has 1 aromatic carbocycles. The maximum absolute atomic E-state index is 13.0. The first-order chi connectivity index (χ1) is 13.7. The van der Waals surface area contributed by atoms with Crippen LogP contribution in [-0.2, 0) is 11.2 Å². The van der Waals surface area contributed by atoms with Gasteiger partial charge in [0.05, 0.1) is 0 Å². The maximum atomic E-state index is 13.0. The molecular weight excluding hydrogens is 372 g/mol. The molecule has 0 spiro atoms. The summed E-state index contributed by atoms with van der Waals surface area (Å²) in [6.07, 6.45) is 8.03. The zero-order chi connectivity index (χ0) is 22.0. The van der Waals surface area contributed by atoms with Crippen molar-refractivity contribution >= 4 is 17.5 Å². The van der Waals surface area contributed by atoms with Crippen LogP contribution in [0.25, 0.3) is 0 Å². The van der Waals surface area contributed by atoms with Gasteiger partial charge in [0.15, 0.2) is 0 Å². The van der Waals surface area contributed by atoms with Gasteiger partial charge in [-0.15, -0.1) is 11.8 Å². The molecule has 1 aromatic rings. The zero-order valence-corrected chi connectivity index (χ0v) is 20.4. The van der Waals surface area contributed by atoms with Crippen molar-refractivity contribution in [3.05, 3.63) is 59.5 Å². The molecule has 162 valence electrons. The van der Waals surface area contributed by atoms with Crippen LogP contribution in [0.2, 0.25) is 0 Å². The lowest BCUT2D eigenvalue weighted by Crippen LogP contribution is -2.26. The minimum absolute atomic E-state index is 0.0265. The Labute approximate surface area is 184 Å². The number of hydrogen-bond donors (Lipinski definition) is 0. The van der Waals surface area contributed by atoms with Gasteiger partial charge in [-0.25, -0.2) is 0 Å². The Balaban J connectivity index is 2.92. The molecule has 0 N–H and O–H groups in total. The third kappa shape index (κ3) is 8.16. The Morgan fingerprint density at radius 3 is 2.31 bits per heavy atom. The molecule has 0 saturated carbocycles. The average Bonchev–Trinajstić information content (AvgIpc) is 2.71. The first-order valence-corrected chi connectivity index (χ1v) is 12.1. The van der Waals surface area contributed by atoms with E-state index < -0.39 is 0 Å². The van der Waals surface area contributed by atoms with Crippen LogP contribution in [0.5, 0.6) is 0 Å². The summed E-state index contributed by atoms with van der Waals surface area (Å²) < 4.78 is 0. The van der Waals surface area contributed by atoms with Crippen molar-refractivity contribution in [2.75, 3.05) is 0 Å². The van der Waals surface area contributed by atoms with E-state index in [1.165, 1.54) is 30.4 Å². The van der Waals surface area contributed by atoms with Crippen LogP contribution in [0, 0.1) is 11.3 Å². The predicted octanol–water partition coefficient (Wildman–Crippen LogP) is 8.36. The van der Waals surface area contributed by atoms with Crippen molar-refractivity contribution in [1.82, 2.24) is 0 Å². The Morgan fingerprint density at radius 2 is 1.79 bits per heavy atom. The van der Waals surface area contributed by atoms with Gasteiger partial charge in [-0.2, -0.15) is 0 Å². The fourth-order valence-electron chi connectivity index (χ4n) is 3.97. The molecule has 0 aliphatic rings. The summed E-state index contributed by atoms with van der Waals surface area (Å²) in [5.74, 6) is 0.795. The van der Waals surface area contributed by atoms with Crippen molar-refractivity contribution < 1.29 is 4.79 Å². The number of hydrogen-bond acceptors (Lipinski definition) is 2. The first kappa shape index (κ1) is 25.8. The normalized spacial score (nSPS) is 14.8. The zero-order valence-electron chi connectivity index (χ0n) is 19.6. The molecular formula is C27H42OS. The second-order valence-corrected chi connectivity index (χ2v) is 10.5. The molecule has 0 radical (unpaired) electrons. The van der Waals surface area contributed by atoms with Gasteiger partial charge in [-0.05, 0) is 46.6 Å².